The average Bonchev–Trinajstić information content (AvgIpc) is 3.12. The Kier molecular flexibility index (Phi) is 5.53. The van der Waals surface area contributed by atoms with Crippen molar-refractivity contribution in [3.63, 3.8) is 0 Å². The van der Waals surface area contributed by atoms with Gasteiger partial charge in [0.05, 0.1) is 23.3 Å². The molecule has 1 amide bonds. The van der Waals surface area contributed by atoms with E-state index in [1.54, 1.807) is 0 Å². The number of hydrogen-bond acceptors (Lipinski definition) is 7. The van der Waals surface area contributed by atoms with Crippen molar-refractivity contribution in [3.05, 3.63) is 74.6 Å². The van der Waals surface area contributed by atoms with Crippen LogP contribution in [0.4, 0.5) is 5.69 Å². The van der Waals surface area contributed by atoms with Crippen LogP contribution in [0.2, 0.25) is 0 Å². The van der Waals surface area contributed by atoms with Crippen molar-refractivity contribution in [2.45, 2.75) is 6.42 Å². The molecule has 0 saturated carbocycles. The summed E-state index contributed by atoms with van der Waals surface area (Å²) in [7, 11) is 0. The number of benzene rings is 2. The first-order valence-electron chi connectivity index (χ1n) is 7.82. The van der Waals surface area contributed by atoms with Gasteiger partial charge in [-0.2, -0.15) is 5.10 Å². The van der Waals surface area contributed by atoms with Gasteiger partial charge in [-0.3, -0.25) is 14.9 Å². The van der Waals surface area contributed by atoms with Crippen molar-refractivity contribution >= 4 is 29.1 Å². The standard InChI is InChI=1S/C18H14N4O4S/c23-16-7-6-12(8-15(16)22(25)26)10-19-21-17(24)9-18-20-14(11-27-18)13-4-2-1-3-5-13/h1-8,10-11,23H,9H2,(H,21,24)/b19-10-. The zero-order chi connectivity index (χ0) is 19.2. The number of amides is 1. The fourth-order valence-corrected chi connectivity index (χ4v) is 3.06. The van der Waals surface area contributed by atoms with Crippen molar-refractivity contribution < 1.29 is 14.8 Å². The molecule has 2 N–H and O–H groups in total. The van der Waals surface area contributed by atoms with E-state index in [9.17, 15) is 20.0 Å². The molecule has 0 atom stereocenters. The zero-order valence-corrected chi connectivity index (χ0v) is 14.7. The molecule has 0 aliphatic rings. The molecule has 0 unspecified atom stereocenters. The molecule has 0 saturated heterocycles. The average molecular weight is 382 g/mol. The van der Waals surface area contributed by atoms with Crippen LogP contribution >= 0.6 is 11.3 Å². The minimum Gasteiger partial charge on any atom is -0.502 e. The van der Waals surface area contributed by atoms with E-state index in [0.717, 1.165) is 17.3 Å². The molecule has 0 aliphatic carbocycles. The van der Waals surface area contributed by atoms with E-state index < -0.39 is 16.4 Å². The Labute approximate surface area is 158 Å². The fraction of sp³-hybridized carbons (Fsp3) is 0.0556. The predicted molar refractivity (Wildman–Crippen MR) is 102 cm³/mol. The molecule has 8 nitrogen and oxygen atoms in total. The van der Waals surface area contributed by atoms with Crippen LogP contribution in [-0.4, -0.2) is 27.1 Å². The summed E-state index contributed by atoms with van der Waals surface area (Å²) in [4.78, 5) is 26.5. The van der Waals surface area contributed by atoms with Crippen LogP contribution < -0.4 is 5.43 Å². The highest BCUT2D eigenvalue weighted by atomic mass is 32.1. The quantitative estimate of drug-likeness (QED) is 0.386. The number of nitrogens with zero attached hydrogens (tertiary/aromatic N) is 3. The van der Waals surface area contributed by atoms with E-state index >= 15 is 0 Å². The summed E-state index contributed by atoms with van der Waals surface area (Å²) in [5, 5.41) is 26.5. The first-order valence-corrected chi connectivity index (χ1v) is 8.70. The number of rotatable bonds is 6. The van der Waals surface area contributed by atoms with E-state index in [4.69, 9.17) is 0 Å². The molecule has 0 fully saturated rings. The van der Waals surface area contributed by atoms with Crippen LogP contribution in [0.5, 0.6) is 5.75 Å². The Balaban J connectivity index is 1.59. The Bertz CT molecular complexity index is 1000. The predicted octanol–water partition coefficient (Wildman–Crippen LogP) is 3.12. The second-order valence-electron chi connectivity index (χ2n) is 5.47. The third-order valence-electron chi connectivity index (χ3n) is 3.53. The number of aromatic hydroxyl groups is 1. The van der Waals surface area contributed by atoms with Gasteiger partial charge >= 0.3 is 5.69 Å². The van der Waals surface area contributed by atoms with Crippen molar-refractivity contribution in [1.82, 2.24) is 10.4 Å². The van der Waals surface area contributed by atoms with Gasteiger partial charge in [-0.25, -0.2) is 10.4 Å². The van der Waals surface area contributed by atoms with Crippen molar-refractivity contribution in [2.24, 2.45) is 5.10 Å². The minimum absolute atomic E-state index is 0.0740. The fourth-order valence-electron chi connectivity index (χ4n) is 2.26. The van der Waals surface area contributed by atoms with Crippen LogP contribution in [0.3, 0.4) is 0 Å². The SMILES string of the molecule is O=C(Cc1nc(-c2ccccc2)cs1)N/N=C\c1ccc(O)c([N+](=O)[O-])c1. The Morgan fingerprint density at radius 2 is 2.07 bits per heavy atom. The third-order valence-corrected chi connectivity index (χ3v) is 4.38. The van der Waals surface area contributed by atoms with Crippen molar-refractivity contribution in [3.8, 4) is 17.0 Å². The Morgan fingerprint density at radius 1 is 1.30 bits per heavy atom. The maximum absolute atomic E-state index is 12.0. The lowest BCUT2D eigenvalue weighted by Gasteiger charge is -1.99. The number of aromatic nitrogens is 1. The molecule has 136 valence electrons. The van der Waals surface area contributed by atoms with Crippen LogP contribution in [0.15, 0.2) is 59.0 Å². The molecule has 1 heterocycles. The number of hydrogen-bond donors (Lipinski definition) is 2. The highest BCUT2D eigenvalue weighted by Gasteiger charge is 2.13. The van der Waals surface area contributed by atoms with Crippen LogP contribution in [0.1, 0.15) is 10.6 Å². The molecule has 3 rings (SSSR count). The highest BCUT2D eigenvalue weighted by molar-refractivity contribution is 7.10. The molecular formula is C18H14N4O4S. The Hall–Kier alpha value is -3.59. The van der Waals surface area contributed by atoms with Gasteiger partial charge in [-0.1, -0.05) is 30.3 Å². The number of phenolic OH excluding ortho intramolecular Hbond substituents is 1. The number of nitro groups is 1. The van der Waals surface area contributed by atoms with Gasteiger partial charge < -0.3 is 5.11 Å². The van der Waals surface area contributed by atoms with Gasteiger partial charge in [0, 0.05) is 22.6 Å². The number of carbonyl (C=O) groups is 1. The van der Waals surface area contributed by atoms with E-state index in [1.807, 2.05) is 35.7 Å². The maximum Gasteiger partial charge on any atom is 0.311 e. The first kappa shape index (κ1) is 18.2. The number of thiazole rings is 1. The highest BCUT2D eigenvalue weighted by Crippen LogP contribution is 2.25. The van der Waals surface area contributed by atoms with E-state index in [0.29, 0.717) is 10.6 Å². The molecule has 3 aromatic rings. The molecule has 27 heavy (non-hydrogen) atoms. The second-order valence-corrected chi connectivity index (χ2v) is 6.41. The summed E-state index contributed by atoms with van der Waals surface area (Å²) in [6, 6.07) is 13.5. The van der Waals surface area contributed by atoms with Crippen LogP contribution in [0, 0.1) is 10.1 Å². The normalized spacial score (nSPS) is 10.8. The van der Waals surface area contributed by atoms with Gasteiger partial charge in [0.25, 0.3) is 0 Å². The molecular weight excluding hydrogens is 368 g/mol. The topological polar surface area (TPSA) is 118 Å². The summed E-state index contributed by atoms with van der Waals surface area (Å²) in [6.45, 7) is 0. The molecule has 0 aliphatic heterocycles. The second kappa shape index (κ2) is 8.19. The lowest BCUT2D eigenvalue weighted by molar-refractivity contribution is -0.385. The summed E-state index contributed by atoms with van der Waals surface area (Å²) >= 11 is 1.38. The van der Waals surface area contributed by atoms with E-state index in [1.165, 1.54) is 29.7 Å². The lowest BCUT2D eigenvalue weighted by atomic mass is 10.2. The molecule has 9 heteroatoms. The van der Waals surface area contributed by atoms with Gasteiger partial charge in [0.2, 0.25) is 5.91 Å². The third kappa shape index (κ3) is 4.73. The monoisotopic (exact) mass is 382 g/mol. The van der Waals surface area contributed by atoms with Crippen LogP contribution in [0.25, 0.3) is 11.3 Å². The molecule has 0 bridgehead atoms. The minimum atomic E-state index is -0.696. The van der Waals surface area contributed by atoms with Gasteiger partial charge in [0.15, 0.2) is 5.75 Å². The number of nitrogens with one attached hydrogen (secondary N) is 1. The van der Waals surface area contributed by atoms with Crippen LogP contribution in [-0.2, 0) is 11.2 Å². The number of carbonyl (C=O) groups excluding carboxylic acids is 1. The van der Waals surface area contributed by atoms with Gasteiger partial charge in [-0.05, 0) is 12.1 Å². The van der Waals surface area contributed by atoms with Gasteiger partial charge in [-0.15, -0.1) is 11.3 Å². The van der Waals surface area contributed by atoms with Crippen molar-refractivity contribution in [1.29, 1.82) is 0 Å². The summed E-state index contributed by atoms with van der Waals surface area (Å²) in [5.74, 6) is -0.785. The number of nitro benzene ring substituents is 1. The molecule has 1 aromatic heterocycles. The lowest BCUT2D eigenvalue weighted by Crippen LogP contribution is -2.19. The van der Waals surface area contributed by atoms with Crippen molar-refractivity contribution in [2.75, 3.05) is 0 Å². The summed E-state index contributed by atoms with van der Waals surface area (Å²) in [6.07, 6.45) is 1.34. The molecule has 0 radical (unpaired) electrons. The zero-order valence-electron chi connectivity index (χ0n) is 13.9. The summed E-state index contributed by atoms with van der Waals surface area (Å²) in [5.41, 5.74) is 4.09. The van der Waals surface area contributed by atoms with E-state index in [2.05, 4.69) is 15.5 Å². The van der Waals surface area contributed by atoms with Gasteiger partial charge in [0.1, 0.15) is 5.01 Å². The number of phenols is 1. The van der Waals surface area contributed by atoms with E-state index in [-0.39, 0.29) is 12.3 Å². The largest absolute Gasteiger partial charge is 0.502 e. The Morgan fingerprint density at radius 3 is 2.81 bits per heavy atom. The molecule has 0 spiro atoms. The maximum atomic E-state index is 12.0. The number of hydrazone groups is 1. The first-order chi connectivity index (χ1) is 13.0. The smallest absolute Gasteiger partial charge is 0.311 e. The summed E-state index contributed by atoms with van der Waals surface area (Å²) < 4.78 is 0. The molecule has 2 aromatic carbocycles.